The first-order valence-electron chi connectivity index (χ1n) is 22.7. The molecular weight excluding hydrogens is 838 g/mol. The van der Waals surface area contributed by atoms with Crippen LogP contribution in [0.1, 0.15) is 10.5 Å². The second kappa shape index (κ2) is 18.2. The Balaban J connectivity index is 0.000000322. The summed E-state index contributed by atoms with van der Waals surface area (Å²) in [5.41, 5.74) is 12.2. The molecule has 5 nitrogen and oxygen atoms in total. The van der Waals surface area contributed by atoms with E-state index in [4.69, 9.17) is 4.98 Å². The standard InChI is InChI=1S/C53H34N2.C10H7NO2.Li/c1-2-16-44(17-3-1)55-50-21-11-10-20-49(50)54-53(55)38-26-22-37(23-27-38)41-30-31-47-48(34-41)52(43-29-25-36-13-5-7-15-40(36)33-43)46-19-9-8-18-45(46)51(47)42-28-24-35-12-4-6-14-39(35)32-42;12-10(13)9-6-5-7-3-1-2-4-8(7)11-9;/h1-34H;1-6H,(H,12,13);/q;;+1/p-1. The van der Waals surface area contributed by atoms with Gasteiger partial charge in [0.25, 0.3) is 0 Å². The molecule has 0 aliphatic carbocycles. The molecule has 0 atom stereocenters. The van der Waals surface area contributed by atoms with Crippen LogP contribution >= 0.6 is 0 Å². The van der Waals surface area contributed by atoms with Gasteiger partial charge in [-0.1, -0.05) is 188 Å². The number of carboxylic acid groups (broad SMARTS) is 1. The van der Waals surface area contributed by atoms with Gasteiger partial charge in [0.1, 0.15) is 5.82 Å². The number of rotatable bonds is 6. The van der Waals surface area contributed by atoms with Crippen LogP contribution in [0, 0.1) is 0 Å². The third kappa shape index (κ3) is 8.00. The van der Waals surface area contributed by atoms with E-state index in [9.17, 15) is 9.90 Å². The first kappa shape index (κ1) is 43.0. The smallest absolute Gasteiger partial charge is 0.543 e. The van der Waals surface area contributed by atoms with Crippen LogP contribution in [0.25, 0.3) is 115 Å². The van der Waals surface area contributed by atoms with Crippen molar-refractivity contribution < 1.29 is 28.8 Å². The summed E-state index contributed by atoms with van der Waals surface area (Å²) >= 11 is 0. The molecular formula is C63H40LiN3O2. The summed E-state index contributed by atoms with van der Waals surface area (Å²) in [4.78, 5) is 19.5. The first-order valence-corrected chi connectivity index (χ1v) is 22.7. The van der Waals surface area contributed by atoms with E-state index in [0.29, 0.717) is 5.52 Å². The fraction of sp³-hybridized carbons (Fsp3) is 0. The second-order valence-electron chi connectivity index (χ2n) is 17.0. The molecule has 0 amide bonds. The maximum Gasteiger partial charge on any atom is 1.00 e. The van der Waals surface area contributed by atoms with Crippen LogP contribution in [0.2, 0.25) is 0 Å². The number of hydrogen-bond acceptors (Lipinski definition) is 4. The largest absolute Gasteiger partial charge is 1.00 e. The minimum atomic E-state index is -1.24. The number of fused-ring (bicyclic) bond motifs is 6. The van der Waals surface area contributed by atoms with Crippen LogP contribution in [0.15, 0.2) is 243 Å². The summed E-state index contributed by atoms with van der Waals surface area (Å²) in [6.07, 6.45) is 0. The maximum atomic E-state index is 10.5. The van der Waals surface area contributed by atoms with Crippen LogP contribution < -0.4 is 24.0 Å². The number of carboxylic acids is 1. The van der Waals surface area contributed by atoms with Crippen molar-refractivity contribution in [1.82, 2.24) is 14.5 Å². The molecule has 0 fully saturated rings. The molecule has 0 aliphatic heterocycles. The van der Waals surface area contributed by atoms with Crippen LogP contribution in [-0.4, -0.2) is 20.5 Å². The summed E-state index contributed by atoms with van der Waals surface area (Å²) in [5.74, 6) is -0.312. The number of hydrogen-bond donors (Lipinski definition) is 0. The van der Waals surface area contributed by atoms with E-state index in [1.54, 1.807) is 12.1 Å². The number of benzene rings is 11. The molecule has 6 heteroatoms. The Morgan fingerprint density at radius 3 is 1.49 bits per heavy atom. The molecule has 11 aromatic carbocycles. The Hall–Kier alpha value is -8.59. The summed E-state index contributed by atoms with van der Waals surface area (Å²) < 4.78 is 2.26. The van der Waals surface area contributed by atoms with Crippen molar-refractivity contribution in [2.45, 2.75) is 0 Å². The zero-order valence-electron chi connectivity index (χ0n) is 37.8. The molecule has 0 radical (unpaired) electrons. The first-order chi connectivity index (χ1) is 33.5. The molecule has 0 saturated carbocycles. The number of nitrogens with zero attached hydrogens (tertiary/aromatic N) is 3. The molecule has 69 heavy (non-hydrogen) atoms. The number of aromatic nitrogens is 3. The Morgan fingerprint density at radius 2 is 0.841 bits per heavy atom. The van der Waals surface area contributed by atoms with Gasteiger partial charge in [-0.15, -0.1) is 0 Å². The van der Waals surface area contributed by atoms with Gasteiger partial charge in [-0.2, -0.15) is 0 Å². The van der Waals surface area contributed by atoms with Gasteiger partial charge in [-0.25, -0.2) is 9.97 Å². The Labute approximate surface area is 410 Å². The summed E-state index contributed by atoms with van der Waals surface area (Å²) in [7, 11) is 0. The molecule has 0 bridgehead atoms. The molecule has 320 valence electrons. The van der Waals surface area contributed by atoms with Gasteiger partial charge in [-0.05, 0) is 131 Å². The third-order valence-corrected chi connectivity index (χ3v) is 13.0. The predicted octanol–water partition coefficient (Wildman–Crippen LogP) is 11.9. The summed E-state index contributed by atoms with van der Waals surface area (Å²) in [6, 6.07) is 85.3. The van der Waals surface area contributed by atoms with E-state index in [0.717, 1.165) is 39.1 Å². The van der Waals surface area contributed by atoms with Crippen LogP contribution in [-0.2, 0) is 0 Å². The van der Waals surface area contributed by atoms with Crippen molar-refractivity contribution in [2.75, 3.05) is 0 Å². The van der Waals surface area contributed by atoms with E-state index in [1.165, 1.54) is 77.0 Å². The van der Waals surface area contributed by atoms with Crippen molar-refractivity contribution in [3.63, 3.8) is 0 Å². The minimum Gasteiger partial charge on any atom is -0.543 e. The van der Waals surface area contributed by atoms with Gasteiger partial charge in [0, 0.05) is 16.6 Å². The molecule has 0 unspecified atom stereocenters. The van der Waals surface area contributed by atoms with Gasteiger partial charge < -0.3 is 9.90 Å². The van der Waals surface area contributed by atoms with Crippen molar-refractivity contribution in [2.24, 2.45) is 0 Å². The molecule has 2 heterocycles. The van der Waals surface area contributed by atoms with Gasteiger partial charge in [-0.3, -0.25) is 4.57 Å². The van der Waals surface area contributed by atoms with Gasteiger partial charge in [0.15, 0.2) is 0 Å². The maximum absolute atomic E-state index is 10.5. The zero-order valence-corrected chi connectivity index (χ0v) is 37.8. The molecule has 0 spiro atoms. The number of carbonyl (C=O) groups excluding carboxylic acids is 1. The molecule has 0 saturated heterocycles. The second-order valence-corrected chi connectivity index (χ2v) is 17.0. The number of para-hydroxylation sites is 4. The quantitative estimate of drug-likeness (QED) is 0.123. The molecule has 13 aromatic rings. The van der Waals surface area contributed by atoms with E-state index >= 15 is 0 Å². The summed E-state index contributed by atoms with van der Waals surface area (Å²) in [5, 5.41) is 21.4. The number of imidazole rings is 1. The van der Waals surface area contributed by atoms with Gasteiger partial charge in [0.2, 0.25) is 0 Å². The molecule has 0 aliphatic rings. The topological polar surface area (TPSA) is 70.8 Å². The monoisotopic (exact) mass is 877 g/mol. The van der Waals surface area contributed by atoms with Crippen LogP contribution in [0.3, 0.4) is 0 Å². The minimum absolute atomic E-state index is 0. The van der Waals surface area contributed by atoms with E-state index in [-0.39, 0.29) is 24.6 Å². The Kier molecular flexibility index (Phi) is 11.4. The molecule has 2 aromatic heterocycles. The SMILES string of the molecule is O=C([O-])c1ccc2ccccc2n1.[Li+].c1ccc(-n2c(-c3ccc(-c4ccc5c(-c6ccc7ccccc7c6)c6ccccc6c(-c6ccc7ccccc7c6)c5c4)cc3)nc3ccccc32)cc1. The van der Waals surface area contributed by atoms with E-state index in [2.05, 4.69) is 216 Å². The van der Waals surface area contributed by atoms with Gasteiger partial charge >= 0.3 is 18.9 Å². The van der Waals surface area contributed by atoms with Crippen molar-refractivity contribution in [3.8, 4) is 50.5 Å². The fourth-order valence-corrected chi connectivity index (χ4v) is 9.72. The van der Waals surface area contributed by atoms with Crippen LogP contribution in [0.5, 0.6) is 0 Å². The molecule has 0 N–H and O–H groups in total. The van der Waals surface area contributed by atoms with E-state index < -0.39 is 5.97 Å². The fourth-order valence-electron chi connectivity index (χ4n) is 9.72. The van der Waals surface area contributed by atoms with Crippen molar-refractivity contribution >= 4 is 71.0 Å². The van der Waals surface area contributed by atoms with Crippen molar-refractivity contribution in [1.29, 1.82) is 0 Å². The summed E-state index contributed by atoms with van der Waals surface area (Å²) in [6.45, 7) is 0. The van der Waals surface area contributed by atoms with E-state index in [1.807, 2.05) is 18.2 Å². The number of carbonyl (C=O) groups is 1. The Bertz CT molecular complexity index is 4070. The molecule has 13 rings (SSSR count). The number of aromatic carboxylic acids is 1. The third-order valence-electron chi connectivity index (χ3n) is 13.0. The predicted molar refractivity (Wildman–Crippen MR) is 279 cm³/mol. The average Bonchev–Trinajstić information content (AvgIpc) is 3.80. The normalized spacial score (nSPS) is 11.2. The Morgan fingerprint density at radius 1 is 0.362 bits per heavy atom. The van der Waals surface area contributed by atoms with Crippen molar-refractivity contribution in [3.05, 3.63) is 248 Å². The zero-order chi connectivity index (χ0) is 45.6. The average molecular weight is 878 g/mol. The van der Waals surface area contributed by atoms with Crippen LogP contribution in [0.4, 0.5) is 0 Å². The van der Waals surface area contributed by atoms with Gasteiger partial charge in [0.05, 0.1) is 28.2 Å². The number of pyridine rings is 1.